The molecule has 1 aromatic rings. The van der Waals surface area contributed by atoms with Gasteiger partial charge in [0.2, 0.25) is 0 Å². The molecule has 94 valence electrons. The molecule has 0 N–H and O–H groups in total. The van der Waals surface area contributed by atoms with E-state index in [1.165, 1.54) is 0 Å². The summed E-state index contributed by atoms with van der Waals surface area (Å²) in [5, 5.41) is 0.769. The molecule has 1 aliphatic carbocycles. The summed E-state index contributed by atoms with van der Waals surface area (Å²) in [5.74, 6) is 0.862. The van der Waals surface area contributed by atoms with Crippen LogP contribution in [0.15, 0.2) is 18.2 Å². The number of aryl methyl sites for hydroxylation is 1. The Morgan fingerprint density at radius 1 is 1.47 bits per heavy atom. The van der Waals surface area contributed by atoms with Crippen LogP contribution in [0.3, 0.4) is 0 Å². The van der Waals surface area contributed by atoms with Gasteiger partial charge in [0.05, 0.1) is 0 Å². The highest BCUT2D eigenvalue weighted by Gasteiger charge is 2.42. The number of hydrogen-bond acceptors (Lipinski definition) is 2. The van der Waals surface area contributed by atoms with Crippen molar-refractivity contribution in [1.29, 1.82) is 0 Å². The number of halogens is 2. The molecule has 0 spiro atoms. The molecule has 2 rings (SSSR count). The van der Waals surface area contributed by atoms with Gasteiger partial charge in [-0.15, -0.1) is 0 Å². The molecule has 3 unspecified atom stereocenters. The van der Waals surface area contributed by atoms with Gasteiger partial charge < -0.3 is 9.47 Å². The van der Waals surface area contributed by atoms with Gasteiger partial charge in [0.15, 0.2) is 0 Å². The molecule has 0 saturated heterocycles. The van der Waals surface area contributed by atoms with E-state index in [9.17, 15) is 0 Å². The normalized spacial score (nSPS) is 27.6. The number of hydrogen-bond donors (Lipinski definition) is 0. The number of alkyl halides is 1. The van der Waals surface area contributed by atoms with Crippen molar-refractivity contribution in [3.63, 3.8) is 0 Å². The standard InChI is InChI=1S/C13H16BrClO2/c1-3-16-13-10(14)7-12(13)17-9-4-5-11(15)8(2)6-9/h4-6,10,12-13H,3,7H2,1-2H3. The van der Waals surface area contributed by atoms with Crippen LogP contribution in [-0.4, -0.2) is 23.6 Å². The average molecular weight is 320 g/mol. The Bertz CT molecular complexity index is 397. The molecule has 17 heavy (non-hydrogen) atoms. The van der Waals surface area contributed by atoms with E-state index >= 15 is 0 Å². The van der Waals surface area contributed by atoms with Crippen molar-refractivity contribution >= 4 is 27.5 Å². The van der Waals surface area contributed by atoms with Crippen molar-refractivity contribution in [3.05, 3.63) is 28.8 Å². The maximum absolute atomic E-state index is 5.98. The van der Waals surface area contributed by atoms with E-state index in [4.69, 9.17) is 21.1 Å². The molecule has 0 heterocycles. The summed E-state index contributed by atoms with van der Waals surface area (Å²) in [5.41, 5.74) is 1.03. The van der Waals surface area contributed by atoms with Gasteiger partial charge in [0, 0.05) is 22.9 Å². The molecule has 4 heteroatoms. The molecule has 1 saturated carbocycles. The van der Waals surface area contributed by atoms with E-state index in [0.29, 0.717) is 11.4 Å². The number of rotatable bonds is 4. The molecule has 0 amide bonds. The summed E-state index contributed by atoms with van der Waals surface area (Å²) in [7, 11) is 0. The second-order valence-corrected chi connectivity index (χ2v) is 5.82. The lowest BCUT2D eigenvalue weighted by molar-refractivity contribution is -0.0723. The molecule has 1 fully saturated rings. The molecule has 0 aliphatic heterocycles. The average Bonchev–Trinajstić information content (AvgIpc) is 2.30. The summed E-state index contributed by atoms with van der Waals surface area (Å²) in [6.45, 7) is 4.69. The molecule has 0 radical (unpaired) electrons. The van der Waals surface area contributed by atoms with Crippen LogP contribution >= 0.6 is 27.5 Å². The van der Waals surface area contributed by atoms with E-state index in [1.54, 1.807) is 0 Å². The van der Waals surface area contributed by atoms with Crippen LogP contribution in [0.5, 0.6) is 5.75 Å². The SMILES string of the molecule is CCOC1C(Br)CC1Oc1ccc(Cl)c(C)c1. The first kappa shape index (κ1) is 13.2. The van der Waals surface area contributed by atoms with Gasteiger partial charge in [-0.2, -0.15) is 0 Å². The second-order valence-electron chi connectivity index (χ2n) is 4.24. The molecular formula is C13H16BrClO2. The molecule has 1 aliphatic rings. The quantitative estimate of drug-likeness (QED) is 0.782. The Morgan fingerprint density at radius 2 is 2.24 bits per heavy atom. The summed E-state index contributed by atoms with van der Waals surface area (Å²) in [6.07, 6.45) is 1.27. The van der Waals surface area contributed by atoms with E-state index < -0.39 is 0 Å². The Labute approximate surface area is 115 Å². The van der Waals surface area contributed by atoms with Gasteiger partial charge in [-0.25, -0.2) is 0 Å². The zero-order valence-electron chi connectivity index (χ0n) is 9.95. The minimum absolute atomic E-state index is 0.139. The lowest BCUT2D eigenvalue weighted by atomic mass is 9.91. The van der Waals surface area contributed by atoms with E-state index in [1.807, 2.05) is 32.0 Å². The molecule has 0 aromatic heterocycles. The fourth-order valence-corrected chi connectivity index (χ4v) is 2.89. The molecule has 3 atom stereocenters. The first-order chi connectivity index (χ1) is 8.11. The monoisotopic (exact) mass is 318 g/mol. The minimum atomic E-state index is 0.139. The second kappa shape index (κ2) is 5.59. The van der Waals surface area contributed by atoms with E-state index in [0.717, 1.165) is 22.8 Å². The van der Waals surface area contributed by atoms with Crippen molar-refractivity contribution in [2.45, 2.75) is 37.3 Å². The lowest BCUT2D eigenvalue weighted by Crippen LogP contribution is -2.52. The van der Waals surface area contributed by atoms with Crippen LogP contribution in [0.25, 0.3) is 0 Å². The highest BCUT2D eigenvalue weighted by Crippen LogP contribution is 2.34. The first-order valence-electron chi connectivity index (χ1n) is 5.80. The van der Waals surface area contributed by atoms with Crippen LogP contribution in [0.1, 0.15) is 18.9 Å². The van der Waals surface area contributed by atoms with Crippen LogP contribution in [-0.2, 0) is 4.74 Å². The van der Waals surface area contributed by atoms with Crippen LogP contribution in [0.2, 0.25) is 5.02 Å². The highest BCUT2D eigenvalue weighted by molar-refractivity contribution is 9.09. The largest absolute Gasteiger partial charge is 0.488 e. The summed E-state index contributed by atoms with van der Waals surface area (Å²) in [6, 6.07) is 5.74. The topological polar surface area (TPSA) is 18.5 Å². The molecule has 1 aromatic carbocycles. The predicted octanol–water partition coefficient (Wildman–Crippen LogP) is 3.97. The third-order valence-electron chi connectivity index (χ3n) is 2.96. The third-order valence-corrected chi connectivity index (χ3v) is 4.28. The van der Waals surface area contributed by atoms with Crippen LogP contribution < -0.4 is 4.74 Å². The minimum Gasteiger partial charge on any atom is -0.488 e. The van der Waals surface area contributed by atoms with Crippen LogP contribution in [0.4, 0.5) is 0 Å². The lowest BCUT2D eigenvalue weighted by Gasteiger charge is -2.40. The van der Waals surface area contributed by atoms with Gasteiger partial charge in [-0.05, 0) is 37.6 Å². The Hall–Kier alpha value is -0.250. The Balaban J connectivity index is 1.99. The van der Waals surface area contributed by atoms with E-state index in [2.05, 4.69) is 15.9 Å². The summed E-state index contributed by atoms with van der Waals surface area (Å²) < 4.78 is 11.5. The first-order valence-corrected chi connectivity index (χ1v) is 7.09. The smallest absolute Gasteiger partial charge is 0.127 e. The van der Waals surface area contributed by atoms with Gasteiger partial charge in [-0.3, -0.25) is 0 Å². The number of ether oxygens (including phenoxy) is 2. The fourth-order valence-electron chi connectivity index (χ4n) is 1.91. The molecule has 0 bridgehead atoms. The van der Waals surface area contributed by atoms with Gasteiger partial charge in [-0.1, -0.05) is 27.5 Å². The summed E-state index contributed by atoms with van der Waals surface area (Å²) in [4.78, 5) is 0.404. The van der Waals surface area contributed by atoms with Crippen molar-refractivity contribution in [2.75, 3.05) is 6.61 Å². The zero-order valence-corrected chi connectivity index (χ0v) is 12.3. The highest BCUT2D eigenvalue weighted by atomic mass is 79.9. The van der Waals surface area contributed by atoms with Crippen molar-refractivity contribution in [1.82, 2.24) is 0 Å². The third kappa shape index (κ3) is 2.95. The molecular weight excluding hydrogens is 303 g/mol. The van der Waals surface area contributed by atoms with Crippen molar-refractivity contribution < 1.29 is 9.47 Å². The van der Waals surface area contributed by atoms with E-state index in [-0.39, 0.29) is 12.2 Å². The maximum Gasteiger partial charge on any atom is 0.127 e. The van der Waals surface area contributed by atoms with Gasteiger partial charge >= 0.3 is 0 Å². The van der Waals surface area contributed by atoms with Gasteiger partial charge in [0.1, 0.15) is 18.0 Å². The van der Waals surface area contributed by atoms with Crippen molar-refractivity contribution in [3.8, 4) is 5.75 Å². The van der Waals surface area contributed by atoms with Crippen LogP contribution in [0, 0.1) is 6.92 Å². The number of benzene rings is 1. The Morgan fingerprint density at radius 3 is 2.82 bits per heavy atom. The predicted molar refractivity (Wildman–Crippen MR) is 73.4 cm³/mol. The Kier molecular flexibility index (Phi) is 4.34. The fraction of sp³-hybridized carbons (Fsp3) is 0.538. The molecule has 2 nitrogen and oxygen atoms in total. The van der Waals surface area contributed by atoms with Gasteiger partial charge in [0.25, 0.3) is 0 Å². The zero-order chi connectivity index (χ0) is 12.4. The summed E-state index contributed by atoms with van der Waals surface area (Å²) >= 11 is 9.56. The maximum atomic E-state index is 5.98. The van der Waals surface area contributed by atoms with Crippen molar-refractivity contribution in [2.24, 2.45) is 0 Å².